The second kappa shape index (κ2) is 6.72. The fraction of sp³-hybridized carbons (Fsp3) is 0.643. The highest BCUT2D eigenvalue weighted by Crippen LogP contribution is 2.25. The summed E-state index contributed by atoms with van der Waals surface area (Å²) in [6.07, 6.45) is 7.66. The maximum atomic E-state index is 4.12. The first kappa shape index (κ1) is 12.5. The summed E-state index contributed by atoms with van der Waals surface area (Å²) in [6, 6.07) is 5.03. The number of pyridine rings is 1. The zero-order valence-electron chi connectivity index (χ0n) is 10.7. The highest BCUT2D eigenvalue weighted by Gasteiger charge is 2.26. The molecule has 3 nitrogen and oxygen atoms in total. The van der Waals surface area contributed by atoms with E-state index >= 15 is 0 Å². The van der Waals surface area contributed by atoms with Crippen LogP contribution >= 0.6 is 0 Å². The van der Waals surface area contributed by atoms with Crippen molar-refractivity contribution in [1.29, 1.82) is 0 Å². The molecule has 0 saturated heterocycles. The number of hydrogen-bond donors (Lipinski definition) is 1. The number of nitrogens with one attached hydrogen (secondary N) is 1. The maximum Gasteiger partial charge on any atom is 0.0300 e. The molecule has 0 aliphatic heterocycles. The Balaban J connectivity index is 1.54. The molecule has 0 bridgehead atoms. The molecular weight excluding hydrogens is 210 g/mol. The van der Waals surface area contributed by atoms with Crippen molar-refractivity contribution in [3.8, 4) is 0 Å². The maximum absolute atomic E-state index is 4.12. The molecule has 2 rings (SSSR count). The summed E-state index contributed by atoms with van der Waals surface area (Å²) in [4.78, 5) is 6.70. The van der Waals surface area contributed by atoms with Gasteiger partial charge in [0, 0.05) is 31.5 Å². The van der Waals surface area contributed by atoms with Gasteiger partial charge in [-0.05, 0) is 44.0 Å². The van der Waals surface area contributed by atoms with Crippen molar-refractivity contribution in [2.75, 3.05) is 26.2 Å². The van der Waals surface area contributed by atoms with E-state index in [9.17, 15) is 0 Å². The summed E-state index contributed by atoms with van der Waals surface area (Å²) in [5, 5.41) is 3.51. The van der Waals surface area contributed by atoms with E-state index in [0.29, 0.717) is 0 Å². The number of aromatic nitrogens is 1. The minimum atomic E-state index is 0.889. The van der Waals surface area contributed by atoms with Crippen molar-refractivity contribution >= 4 is 0 Å². The van der Waals surface area contributed by atoms with Gasteiger partial charge < -0.3 is 5.32 Å². The Bertz CT molecular complexity index is 309. The van der Waals surface area contributed by atoms with Crippen LogP contribution in [0.2, 0.25) is 0 Å². The van der Waals surface area contributed by atoms with E-state index in [-0.39, 0.29) is 0 Å². The number of likely N-dealkylation sites (N-methyl/N-ethyl adjacent to an activating group) is 1. The number of hydrogen-bond acceptors (Lipinski definition) is 3. The molecule has 1 fully saturated rings. The Morgan fingerprint density at radius 1 is 1.41 bits per heavy atom. The van der Waals surface area contributed by atoms with Crippen LogP contribution < -0.4 is 5.32 Å². The predicted molar refractivity (Wildman–Crippen MR) is 71.1 cm³/mol. The third-order valence-corrected chi connectivity index (χ3v) is 3.36. The molecule has 0 unspecified atom stereocenters. The summed E-state index contributed by atoms with van der Waals surface area (Å²) in [6.45, 7) is 6.79. The van der Waals surface area contributed by atoms with E-state index in [1.165, 1.54) is 31.5 Å². The zero-order valence-corrected chi connectivity index (χ0v) is 10.7. The van der Waals surface area contributed by atoms with Crippen LogP contribution in [0.1, 0.15) is 25.3 Å². The molecule has 0 spiro atoms. The van der Waals surface area contributed by atoms with Crippen molar-refractivity contribution in [3.05, 3.63) is 30.1 Å². The van der Waals surface area contributed by atoms with Crippen molar-refractivity contribution in [3.63, 3.8) is 0 Å². The molecule has 3 heteroatoms. The van der Waals surface area contributed by atoms with Gasteiger partial charge in [0.15, 0.2) is 0 Å². The van der Waals surface area contributed by atoms with Crippen LogP contribution in [0.4, 0.5) is 0 Å². The third kappa shape index (κ3) is 4.44. The molecule has 1 N–H and O–H groups in total. The van der Waals surface area contributed by atoms with E-state index < -0.39 is 0 Å². The van der Waals surface area contributed by atoms with Gasteiger partial charge in [0.25, 0.3) is 0 Å². The minimum absolute atomic E-state index is 0.889. The van der Waals surface area contributed by atoms with Crippen molar-refractivity contribution < 1.29 is 0 Å². The van der Waals surface area contributed by atoms with Crippen LogP contribution in [0, 0.1) is 0 Å². The molecule has 1 heterocycles. The second-order valence-corrected chi connectivity index (χ2v) is 4.72. The van der Waals surface area contributed by atoms with E-state index in [1.54, 1.807) is 0 Å². The molecule has 0 aromatic carbocycles. The van der Waals surface area contributed by atoms with Crippen LogP contribution in [0.5, 0.6) is 0 Å². The van der Waals surface area contributed by atoms with Gasteiger partial charge in [0.05, 0.1) is 0 Å². The zero-order chi connectivity index (χ0) is 11.9. The van der Waals surface area contributed by atoms with Crippen LogP contribution in [0.25, 0.3) is 0 Å². The third-order valence-electron chi connectivity index (χ3n) is 3.36. The summed E-state index contributed by atoms with van der Waals surface area (Å²) in [5.41, 5.74) is 1.31. The Labute approximate surface area is 104 Å². The molecule has 0 amide bonds. The quantitative estimate of drug-likeness (QED) is 0.693. The fourth-order valence-electron chi connectivity index (χ4n) is 2.16. The molecule has 17 heavy (non-hydrogen) atoms. The molecule has 94 valence electrons. The van der Waals surface area contributed by atoms with Gasteiger partial charge in [-0.15, -0.1) is 0 Å². The summed E-state index contributed by atoms with van der Waals surface area (Å²) in [5.74, 6) is 0. The van der Waals surface area contributed by atoms with Gasteiger partial charge in [-0.1, -0.05) is 13.0 Å². The van der Waals surface area contributed by atoms with Crippen LogP contribution in [-0.2, 0) is 6.42 Å². The van der Waals surface area contributed by atoms with Gasteiger partial charge in [-0.2, -0.15) is 0 Å². The topological polar surface area (TPSA) is 28.2 Å². The molecule has 1 saturated carbocycles. The van der Waals surface area contributed by atoms with Crippen molar-refractivity contribution in [2.45, 2.75) is 32.2 Å². The lowest BCUT2D eigenvalue weighted by Gasteiger charge is -2.19. The molecule has 1 aliphatic rings. The van der Waals surface area contributed by atoms with Gasteiger partial charge in [-0.3, -0.25) is 9.88 Å². The lowest BCUT2D eigenvalue weighted by molar-refractivity contribution is 0.277. The lowest BCUT2D eigenvalue weighted by Crippen LogP contribution is -2.34. The molecule has 1 aromatic heterocycles. The minimum Gasteiger partial charge on any atom is -0.315 e. The first-order valence-corrected chi connectivity index (χ1v) is 6.74. The van der Waals surface area contributed by atoms with Gasteiger partial charge in [0.2, 0.25) is 0 Å². The van der Waals surface area contributed by atoms with E-state index in [0.717, 1.165) is 25.6 Å². The molecule has 0 atom stereocenters. The Hall–Kier alpha value is -0.930. The van der Waals surface area contributed by atoms with Gasteiger partial charge in [0.1, 0.15) is 0 Å². The molecule has 1 aliphatic carbocycles. The Morgan fingerprint density at radius 3 is 2.94 bits per heavy atom. The first-order valence-electron chi connectivity index (χ1n) is 6.74. The number of nitrogens with zero attached hydrogens (tertiary/aromatic N) is 2. The number of rotatable bonds is 8. The average Bonchev–Trinajstić information content (AvgIpc) is 3.19. The van der Waals surface area contributed by atoms with Crippen molar-refractivity contribution in [1.82, 2.24) is 15.2 Å². The van der Waals surface area contributed by atoms with Crippen LogP contribution in [-0.4, -0.2) is 42.1 Å². The second-order valence-electron chi connectivity index (χ2n) is 4.72. The molecule has 0 radical (unpaired) electrons. The fourth-order valence-corrected chi connectivity index (χ4v) is 2.16. The summed E-state index contributed by atoms with van der Waals surface area (Å²) in [7, 11) is 0. The van der Waals surface area contributed by atoms with Crippen molar-refractivity contribution in [2.24, 2.45) is 0 Å². The van der Waals surface area contributed by atoms with E-state index in [1.807, 2.05) is 18.5 Å². The Kier molecular flexibility index (Phi) is 4.95. The highest BCUT2D eigenvalue weighted by atomic mass is 15.2. The molecule has 1 aromatic rings. The monoisotopic (exact) mass is 233 g/mol. The average molecular weight is 233 g/mol. The Morgan fingerprint density at radius 2 is 2.29 bits per heavy atom. The molecular formula is C14H23N3. The van der Waals surface area contributed by atoms with Crippen LogP contribution in [0.15, 0.2) is 24.5 Å². The standard InChI is InChI=1S/C14H23N3/c1-2-17(14-5-6-14)11-10-15-9-7-13-4-3-8-16-12-13/h3-4,8,12,14-15H,2,5-7,9-11H2,1H3. The van der Waals surface area contributed by atoms with E-state index in [2.05, 4.69) is 28.2 Å². The smallest absolute Gasteiger partial charge is 0.0300 e. The summed E-state index contributed by atoms with van der Waals surface area (Å²) < 4.78 is 0. The summed E-state index contributed by atoms with van der Waals surface area (Å²) >= 11 is 0. The van der Waals surface area contributed by atoms with Gasteiger partial charge >= 0.3 is 0 Å². The van der Waals surface area contributed by atoms with Crippen LogP contribution in [0.3, 0.4) is 0 Å². The highest BCUT2D eigenvalue weighted by molar-refractivity contribution is 5.08. The predicted octanol–water partition coefficient (Wildman–Crippen LogP) is 1.70. The van der Waals surface area contributed by atoms with Gasteiger partial charge in [-0.25, -0.2) is 0 Å². The SMILES string of the molecule is CCN(CCNCCc1cccnc1)C1CC1. The largest absolute Gasteiger partial charge is 0.315 e. The lowest BCUT2D eigenvalue weighted by atomic mass is 10.2. The first-order chi connectivity index (χ1) is 8.40. The van der Waals surface area contributed by atoms with E-state index in [4.69, 9.17) is 0 Å². The normalized spacial score (nSPS) is 15.4.